The summed E-state index contributed by atoms with van der Waals surface area (Å²) < 4.78 is 4.69. The van der Waals surface area contributed by atoms with Crippen LogP contribution in [0.15, 0.2) is 30.3 Å². The van der Waals surface area contributed by atoms with E-state index in [0.717, 1.165) is 7.11 Å². The Labute approximate surface area is 96.5 Å². The monoisotopic (exact) mass is 228 g/mol. The smallest absolute Gasteiger partial charge is 0.338 e. The molecule has 0 fully saturated rings. The number of carbonyl (C=O) groups is 1. The Hall–Kier alpha value is -1.39. The normalized spacial score (nSPS) is 7.81. The van der Waals surface area contributed by atoms with Crippen LogP contribution in [-0.4, -0.2) is 36.5 Å². The molecule has 0 heterocycles. The van der Waals surface area contributed by atoms with Crippen LogP contribution in [0.2, 0.25) is 0 Å². The summed E-state index contributed by atoms with van der Waals surface area (Å²) in [6, 6.07) is 8.67. The number of benzene rings is 1. The summed E-state index contributed by atoms with van der Waals surface area (Å²) >= 11 is 0. The quantitative estimate of drug-likeness (QED) is 0.769. The molecule has 2 N–H and O–H groups in total. The second-order valence-corrected chi connectivity index (χ2v) is 2.23. The molecule has 0 amide bonds. The Bertz CT molecular complexity index is 246. The number of hydrogen-bond donors (Lipinski definition) is 2. The largest absolute Gasteiger partial charge is 0.460 e. The summed E-state index contributed by atoms with van der Waals surface area (Å²) in [6.45, 7) is 3.91. The Balaban J connectivity index is 0. The zero-order valence-electron chi connectivity index (χ0n) is 10.0. The van der Waals surface area contributed by atoms with Gasteiger partial charge in [-0.3, -0.25) is 0 Å². The van der Waals surface area contributed by atoms with E-state index in [1.165, 1.54) is 0 Å². The molecule has 0 aliphatic carbocycles. The van der Waals surface area contributed by atoms with Crippen molar-refractivity contribution in [1.82, 2.24) is 0 Å². The Morgan fingerprint density at radius 2 is 1.69 bits per heavy atom. The van der Waals surface area contributed by atoms with Crippen LogP contribution < -0.4 is 0 Å². The van der Waals surface area contributed by atoms with Gasteiger partial charge in [0.2, 0.25) is 0 Å². The summed E-state index contributed by atoms with van der Waals surface area (Å²) in [4.78, 5) is 11.1. The lowest BCUT2D eigenvalue weighted by Crippen LogP contribution is -2.08. The van der Waals surface area contributed by atoms with Gasteiger partial charge in [-0.2, -0.15) is 0 Å². The molecule has 1 aromatic rings. The summed E-state index contributed by atoms with van der Waals surface area (Å²) in [5, 5.41) is 15.4. The van der Waals surface area contributed by atoms with Crippen molar-refractivity contribution in [1.29, 1.82) is 0 Å². The first-order valence-electron chi connectivity index (χ1n) is 5.12. The zero-order valence-corrected chi connectivity index (χ0v) is 10.0. The van der Waals surface area contributed by atoms with Crippen LogP contribution in [0.3, 0.4) is 0 Å². The van der Waals surface area contributed by atoms with E-state index in [1.54, 1.807) is 24.3 Å². The van der Waals surface area contributed by atoms with Crippen molar-refractivity contribution in [2.75, 3.05) is 20.3 Å². The van der Waals surface area contributed by atoms with Gasteiger partial charge in [0.25, 0.3) is 0 Å². The van der Waals surface area contributed by atoms with Gasteiger partial charge in [-0.1, -0.05) is 32.0 Å². The van der Waals surface area contributed by atoms with Crippen molar-refractivity contribution in [3.05, 3.63) is 35.9 Å². The van der Waals surface area contributed by atoms with E-state index in [2.05, 4.69) is 4.74 Å². The lowest BCUT2D eigenvalue weighted by atomic mass is 10.2. The maximum Gasteiger partial charge on any atom is 0.338 e. The van der Waals surface area contributed by atoms with E-state index < -0.39 is 5.97 Å². The van der Waals surface area contributed by atoms with Crippen molar-refractivity contribution < 1.29 is 19.7 Å². The van der Waals surface area contributed by atoms with Crippen LogP contribution in [-0.2, 0) is 4.74 Å². The van der Waals surface area contributed by atoms with Crippen molar-refractivity contribution in [2.45, 2.75) is 13.8 Å². The van der Waals surface area contributed by atoms with E-state index in [0.29, 0.717) is 5.56 Å². The average molecular weight is 228 g/mol. The number of aliphatic hydroxyl groups excluding tert-OH is 2. The zero-order chi connectivity index (χ0) is 12.8. The van der Waals surface area contributed by atoms with Crippen LogP contribution >= 0.6 is 0 Å². The van der Waals surface area contributed by atoms with Gasteiger partial charge in [-0.25, -0.2) is 4.79 Å². The molecular weight excluding hydrogens is 208 g/mol. The molecule has 4 heteroatoms. The van der Waals surface area contributed by atoms with Crippen LogP contribution in [0.5, 0.6) is 0 Å². The summed E-state index contributed by atoms with van der Waals surface area (Å²) in [5.74, 6) is -0.398. The van der Waals surface area contributed by atoms with Crippen molar-refractivity contribution in [3.63, 3.8) is 0 Å². The molecule has 0 radical (unpaired) electrons. The number of aliphatic hydroxyl groups is 2. The molecule has 92 valence electrons. The number of ether oxygens (including phenoxy) is 1. The molecule has 0 bridgehead atoms. The first-order chi connectivity index (χ1) is 7.84. The summed E-state index contributed by atoms with van der Waals surface area (Å²) in [6.07, 6.45) is 0. The third kappa shape index (κ3) is 7.96. The van der Waals surface area contributed by atoms with Gasteiger partial charge >= 0.3 is 5.97 Å². The molecular formula is C12H20O4. The predicted molar refractivity (Wildman–Crippen MR) is 63.3 cm³/mol. The second-order valence-electron chi connectivity index (χ2n) is 2.23. The fourth-order valence-corrected chi connectivity index (χ4v) is 0.796. The third-order valence-corrected chi connectivity index (χ3v) is 1.33. The molecule has 1 rings (SSSR count). The summed E-state index contributed by atoms with van der Waals surface area (Å²) in [7, 11) is 1.00. The Morgan fingerprint density at radius 3 is 2.12 bits per heavy atom. The lowest BCUT2D eigenvalue weighted by Gasteiger charge is -2.00. The third-order valence-electron chi connectivity index (χ3n) is 1.33. The van der Waals surface area contributed by atoms with Crippen molar-refractivity contribution in [2.24, 2.45) is 0 Å². The van der Waals surface area contributed by atoms with Gasteiger partial charge in [0.1, 0.15) is 6.61 Å². The van der Waals surface area contributed by atoms with Gasteiger partial charge in [0, 0.05) is 7.11 Å². The maximum atomic E-state index is 11.1. The Kier molecular flexibility index (Phi) is 14.5. The minimum absolute atomic E-state index is 0.0493. The highest BCUT2D eigenvalue weighted by molar-refractivity contribution is 5.89. The molecule has 0 aromatic heterocycles. The first-order valence-corrected chi connectivity index (χ1v) is 5.12. The van der Waals surface area contributed by atoms with E-state index in [9.17, 15) is 4.79 Å². The van der Waals surface area contributed by atoms with E-state index in [4.69, 9.17) is 10.2 Å². The highest BCUT2D eigenvalue weighted by Crippen LogP contribution is 2.00. The topological polar surface area (TPSA) is 66.8 Å². The molecule has 0 spiro atoms. The van der Waals surface area contributed by atoms with Gasteiger partial charge in [-0.15, -0.1) is 0 Å². The van der Waals surface area contributed by atoms with Crippen LogP contribution in [0.25, 0.3) is 0 Å². The van der Waals surface area contributed by atoms with Crippen molar-refractivity contribution in [3.8, 4) is 0 Å². The predicted octanol–water partition coefficient (Wildman–Crippen LogP) is 1.47. The van der Waals surface area contributed by atoms with Gasteiger partial charge < -0.3 is 14.9 Å². The first kappa shape index (κ1) is 17.0. The van der Waals surface area contributed by atoms with Gasteiger partial charge in [0.15, 0.2) is 0 Å². The molecule has 0 atom stereocenters. The molecule has 0 aliphatic heterocycles. The minimum Gasteiger partial charge on any atom is -0.460 e. The van der Waals surface area contributed by atoms with Gasteiger partial charge in [0.05, 0.1) is 12.2 Å². The molecule has 4 nitrogen and oxygen atoms in total. The van der Waals surface area contributed by atoms with Crippen LogP contribution in [0.4, 0.5) is 0 Å². The highest BCUT2D eigenvalue weighted by Gasteiger charge is 2.03. The summed E-state index contributed by atoms with van der Waals surface area (Å²) in [5.41, 5.74) is 0.506. The number of hydrogen-bond acceptors (Lipinski definition) is 4. The maximum absolute atomic E-state index is 11.1. The highest BCUT2D eigenvalue weighted by atomic mass is 16.5. The molecule has 0 saturated heterocycles. The van der Waals surface area contributed by atoms with E-state index in [1.807, 2.05) is 19.9 Å². The fourth-order valence-electron chi connectivity index (χ4n) is 0.796. The Morgan fingerprint density at radius 1 is 1.19 bits per heavy atom. The van der Waals surface area contributed by atoms with Crippen molar-refractivity contribution >= 4 is 5.97 Å². The second kappa shape index (κ2) is 13.6. The molecule has 1 aromatic carbocycles. The minimum atomic E-state index is -0.398. The lowest BCUT2D eigenvalue weighted by molar-refractivity contribution is 0.0434. The molecule has 16 heavy (non-hydrogen) atoms. The van der Waals surface area contributed by atoms with Gasteiger partial charge in [-0.05, 0) is 12.1 Å². The number of carbonyl (C=O) groups excluding carboxylic acids is 1. The van der Waals surface area contributed by atoms with Crippen LogP contribution in [0.1, 0.15) is 24.2 Å². The van der Waals surface area contributed by atoms with Crippen LogP contribution in [0, 0.1) is 0 Å². The number of rotatable bonds is 3. The fraction of sp³-hybridized carbons (Fsp3) is 0.417. The SMILES string of the molecule is CC.CO.O=C(OCCO)c1ccccc1. The average Bonchev–Trinajstić information content (AvgIpc) is 2.41. The standard InChI is InChI=1S/C9H10O3.C2H6.CH4O/c10-6-7-12-9(11)8-4-2-1-3-5-8;2*1-2/h1-5,10H,6-7H2;1-2H3;2H,1H3. The molecule has 0 aliphatic rings. The van der Waals surface area contributed by atoms with E-state index >= 15 is 0 Å². The molecule has 0 saturated carbocycles. The molecule has 0 unspecified atom stereocenters. The number of esters is 1. The van der Waals surface area contributed by atoms with E-state index in [-0.39, 0.29) is 13.2 Å².